The number of hydrogen-bond donors (Lipinski definition) is 0. The third-order valence-electron chi connectivity index (χ3n) is 2.96. The summed E-state index contributed by atoms with van der Waals surface area (Å²) < 4.78 is 33.1. The van der Waals surface area contributed by atoms with Gasteiger partial charge in [-0.05, 0) is 37.1 Å². The predicted molar refractivity (Wildman–Crippen MR) is 81.9 cm³/mol. The molecule has 108 valence electrons. The van der Waals surface area contributed by atoms with Crippen molar-refractivity contribution in [3.05, 3.63) is 72.0 Å². The first kappa shape index (κ1) is 15.0. The Labute approximate surface area is 123 Å². The van der Waals surface area contributed by atoms with Gasteiger partial charge in [-0.2, -0.15) is 4.39 Å². The van der Waals surface area contributed by atoms with Crippen molar-refractivity contribution in [3.63, 3.8) is 0 Å². The van der Waals surface area contributed by atoms with Crippen LogP contribution in [-0.2, 0) is 0 Å². The van der Waals surface area contributed by atoms with Crippen LogP contribution in [0.25, 0.3) is 17.2 Å². The van der Waals surface area contributed by atoms with Crippen LogP contribution in [0, 0.1) is 11.6 Å². The number of ether oxygens (including phenoxy) is 1. The van der Waals surface area contributed by atoms with Gasteiger partial charge in [-0.15, -0.1) is 0 Å². The van der Waals surface area contributed by atoms with Crippen LogP contribution in [0.3, 0.4) is 0 Å². The first-order valence-corrected chi connectivity index (χ1v) is 6.66. The molecule has 2 aromatic rings. The van der Waals surface area contributed by atoms with E-state index in [0.29, 0.717) is 5.56 Å². The molecule has 3 heteroatoms. The monoisotopic (exact) mass is 286 g/mol. The third-order valence-corrected chi connectivity index (χ3v) is 2.96. The smallest absolute Gasteiger partial charge is 0.201 e. The lowest BCUT2D eigenvalue weighted by molar-refractivity contribution is 0.415. The summed E-state index contributed by atoms with van der Waals surface area (Å²) in [5.41, 5.74) is 1.85. The van der Waals surface area contributed by atoms with Gasteiger partial charge in [0.05, 0.1) is 6.26 Å². The zero-order chi connectivity index (χ0) is 15.2. The molecular formula is C18H16F2O. The van der Waals surface area contributed by atoms with Crippen molar-refractivity contribution < 1.29 is 13.5 Å². The molecule has 0 fully saturated rings. The zero-order valence-electron chi connectivity index (χ0n) is 11.9. The Hall–Kier alpha value is -2.42. The van der Waals surface area contributed by atoms with E-state index in [9.17, 15) is 8.78 Å². The Morgan fingerprint density at radius 1 is 0.857 bits per heavy atom. The second-order valence-electron chi connectivity index (χ2n) is 4.45. The summed E-state index contributed by atoms with van der Waals surface area (Å²) in [6.07, 6.45) is 6.77. The maximum atomic E-state index is 14.1. The van der Waals surface area contributed by atoms with E-state index in [1.54, 1.807) is 25.1 Å². The molecule has 0 saturated heterocycles. The minimum Gasteiger partial charge on any atom is -0.462 e. The molecule has 0 aliphatic heterocycles. The first-order valence-electron chi connectivity index (χ1n) is 6.66. The lowest BCUT2D eigenvalue weighted by Crippen LogP contribution is -1.94. The Balaban J connectivity index is 2.38. The molecule has 21 heavy (non-hydrogen) atoms. The van der Waals surface area contributed by atoms with Gasteiger partial charge in [0.1, 0.15) is 0 Å². The standard InChI is InChI=1S/C18H16F2O/c1-3-5-13-6-8-14(9-7-13)15-10-11-16(21-12-4-2)18(20)17(15)19/h3-12H,1-2H3/b5-3+,12-4+. The number of hydrogen-bond acceptors (Lipinski definition) is 1. The van der Waals surface area contributed by atoms with Crippen LogP contribution in [0.15, 0.2) is 54.8 Å². The lowest BCUT2D eigenvalue weighted by atomic mass is 10.0. The number of benzene rings is 2. The van der Waals surface area contributed by atoms with Gasteiger partial charge in [0.15, 0.2) is 11.6 Å². The van der Waals surface area contributed by atoms with Crippen molar-refractivity contribution in [2.45, 2.75) is 13.8 Å². The Morgan fingerprint density at radius 2 is 1.57 bits per heavy atom. The summed E-state index contributed by atoms with van der Waals surface area (Å²) in [5.74, 6) is -2.01. The second kappa shape index (κ2) is 6.84. The van der Waals surface area contributed by atoms with E-state index in [0.717, 1.165) is 5.56 Å². The number of halogens is 2. The Morgan fingerprint density at radius 3 is 2.19 bits per heavy atom. The van der Waals surface area contributed by atoms with Crippen LogP contribution >= 0.6 is 0 Å². The number of allylic oxidation sites excluding steroid dienone is 2. The fourth-order valence-electron chi connectivity index (χ4n) is 1.95. The van der Waals surface area contributed by atoms with Gasteiger partial charge >= 0.3 is 0 Å². The lowest BCUT2D eigenvalue weighted by Gasteiger charge is -2.08. The van der Waals surface area contributed by atoms with Crippen molar-refractivity contribution in [1.82, 2.24) is 0 Å². The largest absolute Gasteiger partial charge is 0.462 e. The normalized spacial score (nSPS) is 11.4. The van der Waals surface area contributed by atoms with Gasteiger partial charge in [0, 0.05) is 5.56 Å². The summed E-state index contributed by atoms with van der Waals surface area (Å²) in [5, 5.41) is 0. The van der Waals surface area contributed by atoms with E-state index in [-0.39, 0.29) is 11.3 Å². The van der Waals surface area contributed by atoms with E-state index in [1.807, 2.05) is 31.2 Å². The van der Waals surface area contributed by atoms with Crippen LogP contribution in [0.4, 0.5) is 8.78 Å². The maximum absolute atomic E-state index is 14.1. The summed E-state index contributed by atoms with van der Waals surface area (Å²) in [6.45, 7) is 3.65. The van der Waals surface area contributed by atoms with Gasteiger partial charge < -0.3 is 4.74 Å². The predicted octanol–water partition coefficient (Wildman–Crippen LogP) is 5.58. The SMILES string of the molecule is C/C=C/Oc1ccc(-c2ccc(/C=C/C)cc2)c(F)c1F. The summed E-state index contributed by atoms with van der Waals surface area (Å²) in [4.78, 5) is 0. The summed E-state index contributed by atoms with van der Waals surface area (Å²) in [6, 6.07) is 10.2. The fourth-order valence-corrected chi connectivity index (χ4v) is 1.95. The zero-order valence-corrected chi connectivity index (χ0v) is 11.9. The van der Waals surface area contributed by atoms with Crippen LogP contribution < -0.4 is 4.74 Å². The quantitative estimate of drug-likeness (QED) is 0.667. The number of rotatable bonds is 4. The summed E-state index contributed by atoms with van der Waals surface area (Å²) in [7, 11) is 0. The van der Waals surface area contributed by atoms with Crippen LogP contribution in [0.2, 0.25) is 0 Å². The first-order chi connectivity index (χ1) is 10.2. The molecule has 0 aliphatic carbocycles. The molecule has 2 rings (SSSR count). The minimum atomic E-state index is -0.983. The van der Waals surface area contributed by atoms with Crippen molar-refractivity contribution in [3.8, 4) is 16.9 Å². The highest BCUT2D eigenvalue weighted by Crippen LogP contribution is 2.30. The molecule has 0 aliphatic rings. The van der Waals surface area contributed by atoms with E-state index in [1.165, 1.54) is 18.4 Å². The molecule has 0 unspecified atom stereocenters. The van der Waals surface area contributed by atoms with E-state index in [4.69, 9.17) is 4.74 Å². The molecule has 0 amide bonds. The average molecular weight is 286 g/mol. The molecule has 0 aromatic heterocycles. The van der Waals surface area contributed by atoms with Crippen molar-refractivity contribution in [2.75, 3.05) is 0 Å². The fraction of sp³-hybridized carbons (Fsp3) is 0.111. The Kier molecular flexibility index (Phi) is 4.88. The maximum Gasteiger partial charge on any atom is 0.201 e. The highest BCUT2D eigenvalue weighted by atomic mass is 19.2. The molecule has 0 bridgehead atoms. The molecule has 2 aromatic carbocycles. The van der Waals surface area contributed by atoms with Gasteiger partial charge in [-0.25, -0.2) is 4.39 Å². The topological polar surface area (TPSA) is 9.23 Å². The van der Waals surface area contributed by atoms with Gasteiger partial charge in [0.2, 0.25) is 5.82 Å². The van der Waals surface area contributed by atoms with Gasteiger partial charge in [-0.1, -0.05) is 42.5 Å². The Bertz CT molecular complexity index is 670. The van der Waals surface area contributed by atoms with Crippen LogP contribution in [0.1, 0.15) is 19.4 Å². The average Bonchev–Trinajstić information content (AvgIpc) is 2.50. The van der Waals surface area contributed by atoms with E-state index >= 15 is 0 Å². The highest BCUT2D eigenvalue weighted by molar-refractivity contribution is 5.67. The highest BCUT2D eigenvalue weighted by Gasteiger charge is 2.15. The third kappa shape index (κ3) is 3.37. The van der Waals surface area contributed by atoms with E-state index < -0.39 is 11.6 Å². The van der Waals surface area contributed by atoms with Crippen LogP contribution in [-0.4, -0.2) is 0 Å². The molecule has 0 heterocycles. The molecule has 0 radical (unpaired) electrons. The second-order valence-corrected chi connectivity index (χ2v) is 4.45. The van der Waals surface area contributed by atoms with Gasteiger partial charge in [-0.3, -0.25) is 0 Å². The molecule has 0 atom stereocenters. The summed E-state index contributed by atoms with van der Waals surface area (Å²) >= 11 is 0. The van der Waals surface area contributed by atoms with E-state index in [2.05, 4.69) is 0 Å². The van der Waals surface area contributed by atoms with Crippen molar-refractivity contribution >= 4 is 6.08 Å². The van der Waals surface area contributed by atoms with Crippen molar-refractivity contribution in [2.24, 2.45) is 0 Å². The van der Waals surface area contributed by atoms with Gasteiger partial charge in [0.25, 0.3) is 0 Å². The van der Waals surface area contributed by atoms with Crippen LogP contribution in [0.5, 0.6) is 5.75 Å². The molecule has 0 saturated carbocycles. The van der Waals surface area contributed by atoms with Crippen molar-refractivity contribution in [1.29, 1.82) is 0 Å². The molecular weight excluding hydrogens is 270 g/mol. The molecule has 0 N–H and O–H groups in total. The molecule has 0 spiro atoms. The minimum absolute atomic E-state index is 0.125. The molecule has 1 nitrogen and oxygen atoms in total.